The summed E-state index contributed by atoms with van der Waals surface area (Å²) in [6.45, 7) is 4.36. The van der Waals surface area contributed by atoms with Gasteiger partial charge in [-0.15, -0.1) is 6.58 Å². The topological polar surface area (TPSA) is 62.1 Å². The SMILES string of the molecule is C=CCn1c(=NC(=O)COc2ccc(Cl)cc2)sc2cc3c(cc21)OCO3. The smallest absolute Gasteiger partial charge is 0.286 e. The van der Waals surface area contributed by atoms with Crippen LogP contribution in [-0.2, 0) is 11.3 Å². The van der Waals surface area contributed by atoms with Crippen LogP contribution in [0.15, 0.2) is 54.0 Å². The number of hydrogen-bond donors (Lipinski definition) is 0. The van der Waals surface area contributed by atoms with Crippen molar-refractivity contribution >= 4 is 39.1 Å². The number of carbonyl (C=O) groups is 1. The van der Waals surface area contributed by atoms with Gasteiger partial charge in [-0.25, -0.2) is 0 Å². The van der Waals surface area contributed by atoms with Crippen LogP contribution in [0.1, 0.15) is 0 Å². The fraction of sp³-hybridized carbons (Fsp3) is 0.158. The first kappa shape index (κ1) is 17.6. The molecule has 8 heteroatoms. The molecule has 0 bridgehead atoms. The van der Waals surface area contributed by atoms with Crippen LogP contribution in [-0.4, -0.2) is 23.9 Å². The van der Waals surface area contributed by atoms with Gasteiger partial charge < -0.3 is 18.8 Å². The molecule has 0 fully saturated rings. The van der Waals surface area contributed by atoms with Crippen molar-refractivity contribution in [3.8, 4) is 17.2 Å². The summed E-state index contributed by atoms with van der Waals surface area (Å²) in [4.78, 5) is 17.1. The molecule has 0 saturated heterocycles. The van der Waals surface area contributed by atoms with E-state index >= 15 is 0 Å². The minimum absolute atomic E-state index is 0.160. The molecule has 138 valence electrons. The molecule has 0 aliphatic carbocycles. The predicted molar refractivity (Wildman–Crippen MR) is 104 cm³/mol. The molecule has 0 atom stereocenters. The Balaban J connectivity index is 1.63. The van der Waals surface area contributed by atoms with E-state index in [9.17, 15) is 4.79 Å². The number of rotatable bonds is 5. The molecule has 0 radical (unpaired) electrons. The Kier molecular flexibility index (Phi) is 4.87. The van der Waals surface area contributed by atoms with E-state index in [1.165, 1.54) is 11.3 Å². The van der Waals surface area contributed by atoms with Gasteiger partial charge in [0.2, 0.25) is 6.79 Å². The van der Waals surface area contributed by atoms with Crippen molar-refractivity contribution in [2.75, 3.05) is 13.4 Å². The lowest BCUT2D eigenvalue weighted by Crippen LogP contribution is -2.19. The molecule has 0 unspecified atom stereocenters. The predicted octanol–water partition coefficient (Wildman–Crippen LogP) is 3.78. The highest BCUT2D eigenvalue weighted by atomic mass is 35.5. The summed E-state index contributed by atoms with van der Waals surface area (Å²) in [5.74, 6) is 1.55. The molecule has 1 aliphatic heterocycles. The zero-order valence-electron chi connectivity index (χ0n) is 14.2. The zero-order valence-corrected chi connectivity index (χ0v) is 15.8. The van der Waals surface area contributed by atoms with Crippen molar-refractivity contribution < 1.29 is 19.0 Å². The number of carbonyl (C=O) groups excluding carboxylic acids is 1. The van der Waals surface area contributed by atoms with Gasteiger partial charge >= 0.3 is 0 Å². The van der Waals surface area contributed by atoms with Gasteiger partial charge in [-0.3, -0.25) is 4.79 Å². The number of aromatic nitrogens is 1. The van der Waals surface area contributed by atoms with Crippen molar-refractivity contribution in [3.05, 3.63) is 58.9 Å². The van der Waals surface area contributed by atoms with Gasteiger partial charge in [-0.2, -0.15) is 4.99 Å². The standard InChI is InChI=1S/C19H15ClN2O4S/c1-2-7-22-14-8-15-16(26-11-25-15)9-17(14)27-19(22)21-18(23)10-24-13-5-3-12(20)4-6-13/h2-6,8-9H,1,7,10-11H2. The van der Waals surface area contributed by atoms with E-state index in [1.807, 2.05) is 16.7 Å². The summed E-state index contributed by atoms with van der Waals surface area (Å²) in [6.07, 6.45) is 1.75. The maximum atomic E-state index is 12.3. The Morgan fingerprint density at radius 2 is 2.04 bits per heavy atom. The van der Waals surface area contributed by atoms with Crippen LogP contribution in [0, 0.1) is 0 Å². The van der Waals surface area contributed by atoms with Gasteiger partial charge in [0, 0.05) is 23.7 Å². The molecule has 2 aromatic carbocycles. The molecule has 1 aliphatic rings. The normalized spacial score (nSPS) is 13.1. The summed E-state index contributed by atoms with van der Waals surface area (Å²) in [5, 5.41) is 0.606. The molecule has 6 nitrogen and oxygen atoms in total. The molecule has 0 spiro atoms. The van der Waals surface area contributed by atoms with Crippen molar-refractivity contribution in [1.82, 2.24) is 4.57 Å². The van der Waals surface area contributed by atoms with E-state index in [-0.39, 0.29) is 19.3 Å². The highest BCUT2D eigenvalue weighted by molar-refractivity contribution is 7.16. The number of halogens is 1. The molecule has 3 aromatic rings. The summed E-state index contributed by atoms with van der Waals surface area (Å²) >= 11 is 7.24. The van der Waals surface area contributed by atoms with Crippen LogP contribution in [0.5, 0.6) is 17.2 Å². The van der Waals surface area contributed by atoms with Crippen molar-refractivity contribution in [2.45, 2.75) is 6.54 Å². The molecule has 0 saturated carbocycles. The lowest BCUT2D eigenvalue weighted by atomic mass is 10.3. The molecule has 0 N–H and O–H groups in total. The van der Waals surface area contributed by atoms with E-state index in [4.69, 9.17) is 25.8 Å². The number of thiazole rings is 1. The molecular formula is C19H15ClN2O4S. The quantitative estimate of drug-likeness (QED) is 0.609. The second-order valence-electron chi connectivity index (χ2n) is 5.71. The Labute approximate surface area is 163 Å². The van der Waals surface area contributed by atoms with Gasteiger partial charge in [0.15, 0.2) is 22.9 Å². The number of allylic oxidation sites excluding steroid dienone is 1. The number of nitrogens with zero attached hydrogens (tertiary/aromatic N) is 2. The van der Waals surface area contributed by atoms with Crippen LogP contribution >= 0.6 is 22.9 Å². The Bertz CT molecular complexity index is 1090. The zero-order chi connectivity index (χ0) is 18.8. The first-order valence-electron chi connectivity index (χ1n) is 8.14. The summed E-state index contributed by atoms with van der Waals surface area (Å²) in [6, 6.07) is 10.6. The van der Waals surface area contributed by atoms with Crippen molar-refractivity contribution in [2.24, 2.45) is 4.99 Å². The van der Waals surface area contributed by atoms with E-state index in [1.54, 1.807) is 30.3 Å². The Morgan fingerprint density at radius 3 is 2.78 bits per heavy atom. The first-order valence-corrected chi connectivity index (χ1v) is 9.33. The average Bonchev–Trinajstić information content (AvgIpc) is 3.24. The number of hydrogen-bond acceptors (Lipinski definition) is 5. The first-order chi connectivity index (χ1) is 13.1. The maximum absolute atomic E-state index is 12.3. The molecule has 1 amide bonds. The number of fused-ring (bicyclic) bond motifs is 2. The molecule has 2 heterocycles. The summed E-state index contributed by atoms with van der Waals surface area (Å²) in [5.41, 5.74) is 0.911. The van der Waals surface area contributed by atoms with Crippen LogP contribution in [0.2, 0.25) is 5.02 Å². The van der Waals surface area contributed by atoms with Crippen LogP contribution < -0.4 is 19.0 Å². The van der Waals surface area contributed by atoms with E-state index in [0.29, 0.717) is 33.6 Å². The van der Waals surface area contributed by atoms with Gasteiger partial charge in [-0.1, -0.05) is 29.0 Å². The Hall–Kier alpha value is -2.77. The van der Waals surface area contributed by atoms with Gasteiger partial charge in [0.05, 0.1) is 10.2 Å². The fourth-order valence-corrected chi connectivity index (χ4v) is 3.86. The van der Waals surface area contributed by atoms with Crippen LogP contribution in [0.4, 0.5) is 0 Å². The maximum Gasteiger partial charge on any atom is 0.286 e. The Morgan fingerprint density at radius 1 is 1.30 bits per heavy atom. The van der Waals surface area contributed by atoms with Gasteiger partial charge in [0.1, 0.15) is 5.75 Å². The fourth-order valence-electron chi connectivity index (χ4n) is 2.67. The number of benzene rings is 2. The summed E-state index contributed by atoms with van der Waals surface area (Å²) < 4.78 is 19.2. The minimum Gasteiger partial charge on any atom is -0.484 e. The van der Waals surface area contributed by atoms with Crippen molar-refractivity contribution in [1.29, 1.82) is 0 Å². The monoisotopic (exact) mass is 402 g/mol. The van der Waals surface area contributed by atoms with Gasteiger partial charge in [-0.05, 0) is 24.3 Å². The molecule has 4 rings (SSSR count). The second kappa shape index (κ2) is 7.46. The molecule has 1 aromatic heterocycles. The largest absolute Gasteiger partial charge is 0.484 e. The van der Waals surface area contributed by atoms with Crippen molar-refractivity contribution in [3.63, 3.8) is 0 Å². The lowest BCUT2D eigenvalue weighted by Gasteiger charge is -2.04. The third-order valence-corrected chi connectivity index (χ3v) is 5.18. The van der Waals surface area contributed by atoms with E-state index < -0.39 is 0 Å². The average molecular weight is 403 g/mol. The minimum atomic E-state index is -0.380. The van der Waals surface area contributed by atoms with E-state index in [0.717, 1.165) is 10.2 Å². The van der Waals surface area contributed by atoms with Crippen LogP contribution in [0.25, 0.3) is 10.2 Å². The highest BCUT2D eigenvalue weighted by Crippen LogP contribution is 2.36. The van der Waals surface area contributed by atoms with E-state index in [2.05, 4.69) is 11.6 Å². The second-order valence-corrected chi connectivity index (χ2v) is 7.15. The number of ether oxygens (including phenoxy) is 3. The third-order valence-electron chi connectivity index (χ3n) is 3.89. The van der Waals surface area contributed by atoms with Crippen LogP contribution in [0.3, 0.4) is 0 Å². The third kappa shape index (κ3) is 3.70. The summed E-state index contributed by atoms with van der Waals surface area (Å²) in [7, 11) is 0. The van der Waals surface area contributed by atoms with Gasteiger partial charge in [0.25, 0.3) is 5.91 Å². The lowest BCUT2D eigenvalue weighted by molar-refractivity contribution is -0.120. The highest BCUT2D eigenvalue weighted by Gasteiger charge is 2.17. The molecule has 27 heavy (non-hydrogen) atoms. The molecular weight excluding hydrogens is 388 g/mol. The number of amides is 1.